The van der Waals surface area contributed by atoms with Crippen LogP contribution in [0.3, 0.4) is 0 Å². The second kappa shape index (κ2) is 9.22. The van der Waals surface area contributed by atoms with Gasteiger partial charge >= 0.3 is 0 Å². The number of rotatable bonds is 6. The number of hydrogen-bond acceptors (Lipinski definition) is 6. The normalized spacial score (nSPS) is 20.2. The molecule has 30 heavy (non-hydrogen) atoms. The van der Waals surface area contributed by atoms with Gasteiger partial charge in [-0.2, -0.15) is 5.10 Å². The smallest absolute Gasteiger partial charge is 0.251 e. The largest absolute Gasteiger partial charge is 0.393 e. The van der Waals surface area contributed by atoms with Crippen LogP contribution in [-0.4, -0.2) is 44.3 Å². The molecule has 2 unspecified atom stereocenters. The molecule has 1 heterocycles. The first-order valence-corrected chi connectivity index (χ1v) is 11.1. The minimum atomic E-state index is -0.590. The molecule has 8 heteroatoms. The molecule has 0 bridgehead atoms. The van der Waals surface area contributed by atoms with Gasteiger partial charge < -0.3 is 10.4 Å². The summed E-state index contributed by atoms with van der Waals surface area (Å²) in [4.78, 5) is 29.5. The highest BCUT2D eigenvalue weighted by atomic mass is 32.1. The number of nitrogens with zero attached hydrogens (tertiary/aromatic N) is 3. The molecule has 3 rings (SSSR count). The average molecular weight is 431 g/mol. The average Bonchev–Trinajstić information content (AvgIpc) is 3.01. The van der Waals surface area contributed by atoms with Crippen molar-refractivity contribution in [1.82, 2.24) is 15.1 Å². The maximum Gasteiger partial charge on any atom is 0.251 e. The van der Waals surface area contributed by atoms with Gasteiger partial charge in [0.15, 0.2) is 0 Å². The van der Waals surface area contributed by atoms with Crippen molar-refractivity contribution in [2.24, 2.45) is 12.0 Å². The van der Waals surface area contributed by atoms with Gasteiger partial charge in [-0.15, -0.1) is 0 Å². The van der Waals surface area contributed by atoms with Crippen molar-refractivity contribution in [3.63, 3.8) is 0 Å². The van der Waals surface area contributed by atoms with Crippen molar-refractivity contribution >= 4 is 23.0 Å². The van der Waals surface area contributed by atoms with Gasteiger partial charge in [-0.05, 0) is 58.6 Å². The van der Waals surface area contributed by atoms with Gasteiger partial charge in [-0.25, -0.2) is 4.68 Å². The first-order chi connectivity index (χ1) is 14.1. The number of carbonyl (C=O) groups excluding carboxylic acids is 2. The van der Waals surface area contributed by atoms with E-state index in [0.717, 1.165) is 34.6 Å². The molecule has 7 nitrogen and oxygen atoms in total. The molecule has 162 valence electrons. The summed E-state index contributed by atoms with van der Waals surface area (Å²) in [6, 6.07) is 7.42. The summed E-state index contributed by atoms with van der Waals surface area (Å²) in [5.41, 5.74) is 0.867. The lowest BCUT2D eigenvalue weighted by molar-refractivity contribution is -0.118. The molecule has 1 fully saturated rings. The molecule has 1 aliphatic carbocycles. The minimum Gasteiger partial charge on any atom is -0.393 e. The molecule has 2 N–H and O–H groups in total. The number of ketones is 1. The fourth-order valence-electron chi connectivity index (χ4n) is 3.80. The molecular formula is C22H30N4O3S. The number of hydrogen-bond donors (Lipinski definition) is 2. The Morgan fingerprint density at radius 2 is 2.00 bits per heavy atom. The van der Waals surface area contributed by atoms with Crippen LogP contribution < -0.4 is 10.1 Å². The Hall–Kier alpha value is -2.32. The van der Waals surface area contributed by atoms with E-state index in [1.165, 1.54) is 18.3 Å². The second-order valence-electron chi connectivity index (χ2n) is 8.71. The Bertz CT molecular complexity index is 975. The number of benzene rings is 1. The van der Waals surface area contributed by atoms with E-state index >= 15 is 0 Å². The number of carbonyl (C=O) groups is 2. The molecule has 1 amide bonds. The van der Waals surface area contributed by atoms with Gasteiger partial charge in [0, 0.05) is 30.1 Å². The summed E-state index contributed by atoms with van der Waals surface area (Å²) in [6.07, 6.45) is 3.58. The van der Waals surface area contributed by atoms with E-state index in [1.54, 1.807) is 16.8 Å². The van der Waals surface area contributed by atoms with Crippen LogP contribution in [0.1, 0.15) is 63.2 Å². The van der Waals surface area contributed by atoms with Crippen LogP contribution >= 0.6 is 11.3 Å². The summed E-state index contributed by atoms with van der Waals surface area (Å²) in [5, 5.41) is 18.2. The van der Waals surface area contributed by atoms with Crippen molar-refractivity contribution in [3.05, 3.63) is 34.6 Å². The molecular weight excluding hydrogens is 400 g/mol. The molecule has 1 aromatic carbocycles. The van der Waals surface area contributed by atoms with Crippen LogP contribution in [0.4, 0.5) is 0 Å². The predicted octanol–water partition coefficient (Wildman–Crippen LogP) is 2.84. The molecule has 0 aliphatic heterocycles. The summed E-state index contributed by atoms with van der Waals surface area (Å²) < 4.78 is 1.77. The van der Waals surface area contributed by atoms with Crippen LogP contribution in [0.15, 0.2) is 29.3 Å². The van der Waals surface area contributed by atoms with E-state index in [-0.39, 0.29) is 30.3 Å². The number of aliphatic hydroxyl groups is 1. The molecule has 1 saturated carbocycles. The molecule has 0 spiro atoms. The number of amides is 1. The molecule has 1 aliphatic rings. The van der Waals surface area contributed by atoms with E-state index in [9.17, 15) is 14.7 Å². The summed E-state index contributed by atoms with van der Waals surface area (Å²) >= 11 is 1.50. The van der Waals surface area contributed by atoms with Crippen LogP contribution in [0.2, 0.25) is 0 Å². The lowest BCUT2D eigenvalue weighted by Crippen LogP contribution is -2.44. The van der Waals surface area contributed by atoms with Gasteiger partial charge in [-0.3, -0.25) is 14.6 Å². The van der Waals surface area contributed by atoms with E-state index in [1.807, 2.05) is 33.0 Å². The monoisotopic (exact) mass is 430 g/mol. The van der Waals surface area contributed by atoms with Gasteiger partial charge in [0.1, 0.15) is 10.8 Å². The fourth-order valence-corrected chi connectivity index (χ4v) is 4.77. The number of nitrogens with one attached hydrogen (secondary N) is 1. The third-order valence-electron chi connectivity index (χ3n) is 5.15. The Labute approximate surface area is 180 Å². The third kappa shape index (κ3) is 5.86. The van der Waals surface area contributed by atoms with Crippen molar-refractivity contribution in [2.45, 2.75) is 70.6 Å². The minimum absolute atomic E-state index is 0.0382. The molecule has 2 atom stereocenters. The highest BCUT2D eigenvalue weighted by Gasteiger charge is 2.23. The van der Waals surface area contributed by atoms with Crippen LogP contribution in [0.5, 0.6) is 0 Å². The van der Waals surface area contributed by atoms with Crippen molar-refractivity contribution < 1.29 is 14.7 Å². The Morgan fingerprint density at radius 3 is 2.63 bits per heavy atom. The number of aliphatic hydroxyl groups excluding tert-OH is 1. The van der Waals surface area contributed by atoms with E-state index in [4.69, 9.17) is 4.99 Å². The SMILES string of the molecule is CC(=O)CC(C)(C)NC(=O)c1ccc(-c2nn(C)c(=NC3CCCC(O)C3)s2)cc1. The maximum absolute atomic E-state index is 12.5. The summed E-state index contributed by atoms with van der Waals surface area (Å²) in [7, 11) is 1.87. The van der Waals surface area contributed by atoms with Gasteiger partial charge in [0.25, 0.3) is 5.91 Å². The van der Waals surface area contributed by atoms with E-state index < -0.39 is 5.54 Å². The summed E-state index contributed by atoms with van der Waals surface area (Å²) in [6.45, 7) is 5.20. The van der Waals surface area contributed by atoms with Gasteiger partial charge in [-0.1, -0.05) is 23.5 Å². The lowest BCUT2D eigenvalue weighted by atomic mass is 9.94. The molecule has 2 aromatic rings. The highest BCUT2D eigenvalue weighted by molar-refractivity contribution is 7.12. The number of aryl methyl sites for hydroxylation is 1. The predicted molar refractivity (Wildman–Crippen MR) is 117 cm³/mol. The van der Waals surface area contributed by atoms with Crippen LogP contribution in [0, 0.1) is 0 Å². The van der Waals surface area contributed by atoms with Crippen LogP contribution in [-0.2, 0) is 11.8 Å². The van der Waals surface area contributed by atoms with Crippen molar-refractivity contribution in [3.8, 4) is 10.6 Å². The molecule has 0 saturated heterocycles. The Balaban J connectivity index is 1.74. The Morgan fingerprint density at radius 1 is 1.30 bits per heavy atom. The second-order valence-corrected chi connectivity index (χ2v) is 9.67. The van der Waals surface area contributed by atoms with Crippen molar-refractivity contribution in [2.75, 3.05) is 0 Å². The first-order valence-electron chi connectivity index (χ1n) is 10.3. The van der Waals surface area contributed by atoms with Crippen molar-refractivity contribution in [1.29, 1.82) is 0 Å². The van der Waals surface area contributed by atoms with Gasteiger partial charge in [0.2, 0.25) is 4.80 Å². The molecule has 1 aromatic heterocycles. The quantitative estimate of drug-likeness (QED) is 0.736. The number of Topliss-reactive ketones (excluding diaryl/α,β-unsaturated/α-hetero) is 1. The fraction of sp³-hybridized carbons (Fsp3) is 0.545. The zero-order valence-electron chi connectivity index (χ0n) is 18.0. The highest BCUT2D eigenvalue weighted by Crippen LogP contribution is 2.23. The third-order valence-corrected chi connectivity index (χ3v) is 6.22. The zero-order valence-corrected chi connectivity index (χ0v) is 18.8. The Kier molecular flexibility index (Phi) is 6.88. The topological polar surface area (TPSA) is 96.6 Å². The van der Waals surface area contributed by atoms with E-state index in [2.05, 4.69) is 10.4 Å². The molecule has 0 radical (unpaired) electrons. The maximum atomic E-state index is 12.5. The van der Waals surface area contributed by atoms with E-state index in [0.29, 0.717) is 12.0 Å². The summed E-state index contributed by atoms with van der Waals surface area (Å²) in [5.74, 6) is -0.166. The van der Waals surface area contributed by atoms with Gasteiger partial charge in [0.05, 0.1) is 12.1 Å². The number of aromatic nitrogens is 2. The lowest BCUT2D eigenvalue weighted by Gasteiger charge is -2.25. The zero-order chi connectivity index (χ0) is 21.9. The standard InChI is InChI=1S/C22H30N4O3S/c1-14(27)13-22(2,3)24-19(29)15-8-10-16(11-9-15)20-25-26(4)21(30-20)23-17-6-5-7-18(28)12-17/h8-11,17-18,28H,5-7,12-13H2,1-4H3,(H,24,29). The first kappa shape index (κ1) is 22.4. The van der Waals surface area contributed by atoms with Crippen LogP contribution in [0.25, 0.3) is 10.6 Å².